The first-order valence-electron chi connectivity index (χ1n) is 6.33. The minimum absolute atomic E-state index is 0.124. The molecule has 2 aromatic heterocycles. The Morgan fingerprint density at radius 1 is 1.50 bits per heavy atom. The van der Waals surface area contributed by atoms with E-state index >= 15 is 0 Å². The summed E-state index contributed by atoms with van der Waals surface area (Å²) < 4.78 is 1.41. The summed E-state index contributed by atoms with van der Waals surface area (Å²) in [5, 5.41) is 4.82. The van der Waals surface area contributed by atoms with Crippen LogP contribution >= 0.6 is 11.3 Å². The van der Waals surface area contributed by atoms with E-state index in [-0.39, 0.29) is 5.56 Å². The highest BCUT2D eigenvalue weighted by Crippen LogP contribution is 2.17. The average molecular weight is 294 g/mol. The number of rotatable bonds is 6. The van der Waals surface area contributed by atoms with Crippen LogP contribution in [0.5, 0.6) is 0 Å². The number of hydrogen-bond acceptors (Lipinski definition) is 7. The predicted octanol–water partition coefficient (Wildman–Crippen LogP) is 0.880. The molecular weight excluding hydrogens is 276 g/mol. The molecule has 0 saturated heterocycles. The Kier molecular flexibility index (Phi) is 4.70. The van der Waals surface area contributed by atoms with Gasteiger partial charge in [-0.25, -0.2) is 15.5 Å². The second kappa shape index (κ2) is 6.49. The van der Waals surface area contributed by atoms with Crippen LogP contribution in [0.4, 0.5) is 10.8 Å². The maximum atomic E-state index is 12.0. The zero-order chi connectivity index (χ0) is 14.5. The van der Waals surface area contributed by atoms with Crippen molar-refractivity contribution in [3.05, 3.63) is 33.7 Å². The molecule has 0 radical (unpaired) electrons. The van der Waals surface area contributed by atoms with E-state index in [1.165, 1.54) is 16.0 Å². The normalized spacial score (nSPS) is 10.6. The molecule has 8 heteroatoms. The van der Waals surface area contributed by atoms with Crippen molar-refractivity contribution in [1.29, 1.82) is 0 Å². The van der Waals surface area contributed by atoms with Crippen LogP contribution in [-0.2, 0) is 6.54 Å². The standard InChI is InChI=1S/C12H18N6OS/c1-3-4-17(2)9-5-11(19)18(15-6-9)8-10-7-14-12(16-13)20-10/h5-7H,3-4,8,13H2,1-2H3,(H,14,16). The van der Waals surface area contributed by atoms with Gasteiger partial charge in [0.25, 0.3) is 5.56 Å². The van der Waals surface area contributed by atoms with Gasteiger partial charge in [-0.1, -0.05) is 18.3 Å². The Labute approximate surface area is 121 Å². The van der Waals surface area contributed by atoms with Gasteiger partial charge in [-0.3, -0.25) is 10.2 Å². The number of nitrogens with zero attached hydrogens (tertiary/aromatic N) is 4. The summed E-state index contributed by atoms with van der Waals surface area (Å²) in [7, 11) is 1.95. The summed E-state index contributed by atoms with van der Waals surface area (Å²) in [5.41, 5.74) is 3.19. The van der Waals surface area contributed by atoms with Gasteiger partial charge in [-0.15, -0.1) is 0 Å². The fourth-order valence-corrected chi connectivity index (χ4v) is 2.52. The van der Waals surface area contributed by atoms with Gasteiger partial charge in [-0.2, -0.15) is 5.10 Å². The van der Waals surface area contributed by atoms with Crippen molar-refractivity contribution < 1.29 is 0 Å². The van der Waals surface area contributed by atoms with Gasteiger partial charge in [0, 0.05) is 30.7 Å². The summed E-state index contributed by atoms with van der Waals surface area (Å²) in [4.78, 5) is 19.0. The van der Waals surface area contributed by atoms with E-state index in [2.05, 4.69) is 22.4 Å². The highest BCUT2D eigenvalue weighted by atomic mass is 32.1. The molecule has 0 aliphatic rings. The first-order chi connectivity index (χ1) is 9.63. The molecular formula is C12H18N6OS. The van der Waals surface area contributed by atoms with Crippen LogP contribution in [-0.4, -0.2) is 28.4 Å². The lowest BCUT2D eigenvalue weighted by atomic mass is 10.3. The number of nitrogens with one attached hydrogen (secondary N) is 1. The Morgan fingerprint density at radius 3 is 2.90 bits per heavy atom. The number of hydrogen-bond donors (Lipinski definition) is 2. The van der Waals surface area contributed by atoms with Gasteiger partial charge in [0.05, 0.1) is 18.4 Å². The monoisotopic (exact) mass is 294 g/mol. The van der Waals surface area contributed by atoms with Crippen LogP contribution in [0, 0.1) is 0 Å². The molecule has 7 nitrogen and oxygen atoms in total. The van der Waals surface area contributed by atoms with Crippen molar-refractivity contribution in [2.75, 3.05) is 23.9 Å². The van der Waals surface area contributed by atoms with E-state index in [9.17, 15) is 4.79 Å². The van der Waals surface area contributed by atoms with E-state index in [1.54, 1.807) is 18.5 Å². The molecule has 2 heterocycles. The molecule has 0 aromatic carbocycles. The molecule has 0 unspecified atom stereocenters. The Balaban J connectivity index is 2.15. The van der Waals surface area contributed by atoms with Crippen molar-refractivity contribution in [3.63, 3.8) is 0 Å². The summed E-state index contributed by atoms with van der Waals surface area (Å²) in [6, 6.07) is 1.60. The maximum absolute atomic E-state index is 12.0. The second-order valence-electron chi connectivity index (χ2n) is 4.41. The molecule has 0 fully saturated rings. The highest BCUT2D eigenvalue weighted by molar-refractivity contribution is 7.15. The van der Waals surface area contributed by atoms with Crippen LogP contribution in [0.2, 0.25) is 0 Å². The third-order valence-corrected chi connectivity index (χ3v) is 3.75. The summed E-state index contributed by atoms with van der Waals surface area (Å²) in [5.74, 6) is 5.28. The Bertz CT molecular complexity index is 622. The van der Waals surface area contributed by atoms with E-state index in [0.29, 0.717) is 11.7 Å². The molecule has 2 rings (SSSR count). The SMILES string of the molecule is CCCN(C)c1cnn(Cc2cnc(NN)s2)c(=O)c1. The topological polar surface area (TPSA) is 89.1 Å². The first-order valence-corrected chi connectivity index (χ1v) is 7.15. The van der Waals surface area contributed by atoms with Crippen molar-refractivity contribution in [2.24, 2.45) is 5.84 Å². The smallest absolute Gasteiger partial charge is 0.269 e. The minimum Gasteiger partial charge on any atom is -0.373 e. The zero-order valence-corrected chi connectivity index (χ0v) is 12.4. The van der Waals surface area contributed by atoms with E-state index in [1.807, 2.05) is 11.9 Å². The van der Waals surface area contributed by atoms with E-state index < -0.39 is 0 Å². The fourth-order valence-electron chi connectivity index (χ4n) is 1.81. The van der Waals surface area contributed by atoms with Crippen LogP contribution in [0.3, 0.4) is 0 Å². The van der Waals surface area contributed by atoms with Crippen LogP contribution in [0.25, 0.3) is 0 Å². The molecule has 0 saturated carbocycles. The molecule has 2 aromatic rings. The van der Waals surface area contributed by atoms with Crippen molar-refractivity contribution in [1.82, 2.24) is 14.8 Å². The molecule has 0 aliphatic heterocycles. The Hall–Kier alpha value is -1.93. The molecule has 0 bridgehead atoms. The average Bonchev–Trinajstić information content (AvgIpc) is 2.89. The minimum atomic E-state index is -0.124. The van der Waals surface area contributed by atoms with E-state index in [0.717, 1.165) is 23.5 Å². The predicted molar refractivity (Wildman–Crippen MR) is 81.1 cm³/mol. The lowest BCUT2D eigenvalue weighted by molar-refractivity contribution is 0.642. The van der Waals surface area contributed by atoms with Gasteiger partial charge in [-0.05, 0) is 6.42 Å². The van der Waals surface area contributed by atoms with Gasteiger partial charge in [0.1, 0.15) is 0 Å². The first kappa shape index (κ1) is 14.5. The van der Waals surface area contributed by atoms with Gasteiger partial charge >= 0.3 is 0 Å². The highest BCUT2D eigenvalue weighted by Gasteiger charge is 2.07. The molecule has 0 atom stereocenters. The molecule has 0 spiro atoms. The maximum Gasteiger partial charge on any atom is 0.269 e. The van der Waals surface area contributed by atoms with Crippen LogP contribution < -0.4 is 21.7 Å². The number of nitrogens with two attached hydrogens (primary N) is 1. The number of nitrogen functional groups attached to an aromatic ring is 1. The van der Waals surface area contributed by atoms with Gasteiger partial charge in [0.2, 0.25) is 0 Å². The summed E-state index contributed by atoms with van der Waals surface area (Å²) in [6.07, 6.45) is 4.42. The molecule has 0 amide bonds. The number of hydrazine groups is 1. The van der Waals surface area contributed by atoms with Gasteiger partial charge < -0.3 is 4.90 Å². The zero-order valence-electron chi connectivity index (χ0n) is 11.5. The fraction of sp³-hybridized carbons (Fsp3) is 0.417. The van der Waals surface area contributed by atoms with Crippen molar-refractivity contribution in [2.45, 2.75) is 19.9 Å². The van der Waals surface area contributed by atoms with Crippen LogP contribution in [0.15, 0.2) is 23.3 Å². The Morgan fingerprint density at radius 2 is 2.30 bits per heavy atom. The molecule has 108 valence electrons. The third kappa shape index (κ3) is 3.34. The van der Waals surface area contributed by atoms with E-state index in [4.69, 9.17) is 5.84 Å². The lowest BCUT2D eigenvalue weighted by Gasteiger charge is -2.17. The molecule has 20 heavy (non-hydrogen) atoms. The van der Waals surface area contributed by atoms with Crippen LogP contribution in [0.1, 0.15) is 18.2 Å². The second-order valence-corrected chi connectivity index (χ2v) is 5.52. The van der Waals surface area contributed by atoms with Crippen molar-refractivity contribution in [3.8, 4) is 0 Å². The van der Waals surface area contributed by atoms with Crippen molar-refractivity contribution >= 4 is 22.2 Å². The summed E-state index contributed by atoms with van der Waals surface area (Å²) in [6.45, 7) is 3.39. The number of aromatic nitrogens is 3. The third-order valence-electron chi connectivity index (χ3n) is 2.84. The quantitative estimate of drug-likeness (QED) is 0.607. The number of anilines is 2. The molecule has 0 aliphatic carbocycles. The molecule has 3 N–H and O–H groups in total. The largest absolute Gasteiger partial charge is 0.373 e. The lowest BCUT2D eigenvalue weighted by Crippen LogP contribution is -2.26. The number of thiazole rings is 1. The summed E-state index contributed by atoms with van der Waals surface area (Å²) >= 11 is 1.40. The van der Waals surface area contributed by atoms with Gasteiger partial charge in [0.15, 0.2) is 5.13 Å².